The van der Waals surface area contributed by atoms with Gasteiger partial charge in [-0.05, 0) is 31.5 Å². The van der Waals surface area contributed by atoms with Crippen molar-refractivity contribution in [2.45, 2.75) is 25.9 Å². The first-order chi connectivity index (χ1) is 10.1. The summed E-state index contributed by atoms with van der Waals surface area (Å²) in [6.07, 6.45) is 0. The van der Waals surface area contributed by atoms with E-state index in [-0.39, 0.29) is 5.82 Å². The largest absolute Gasteiger partial charge is 0.326 e. The standard InChI is InChI=1S/C17H18FN3/c1-3-21-14-11-7-10-13(18)15(14)20-16(21)17(2,19)12-8-5-4-6-9-12/h4-11H,3,19H2,1-2H3. The molecule has 2 aromatic carbocycles. The molecular formula is C17H18FN3. The van der Waals surface area contributed by atoms with E-state index in [4.69, 9.17) is 5.73 Å². The average molecular weight is 283 g/mol. The van der Waals surface area contributed by atoms with Gasteiger partial charge in [-0.3, -0.25) is 0 Å². The average Bonchev–Trinajstić information content (AvgIpc) is 2.89. The molecule has 3 nitrogen and oxygen atoms in total. The van der Waals surface area contributed by atoms with E-state index in [1.807, 2.05) is 54.8 Å². The summed E-state index contributed by atoms with van der Waals surface area (Å²) in [4.78, 5) is 4.49. The Hall–Kier alpha value is -2.20. The zero-order chi connectivity index (χ0) is 15.0. The van der Waals surface area contributed by atoms with Crippen LogP contribution in [0.1, 0.15) is 25.2 Å². The predicted octanol–water partition coefficient (Wildman–Crippen LogP) is 3.42. The van der Waals surface area contributed by atoms with E-state index in [2.05, 4.69) is 4.98 Å². The van der Waals surface area contributed by atoms with Crippen LogP contribution >= 0.6 is 0 Å². The van der Waals surface area contributed by atoms with Gasteiger partial charge >= 0.3 is 0 Å². The van der Waals surface area contributed by atoms with Crippen LogP contribution in [0.2, 0.25) is 0 Å². The molecule has 0 aliphatic heterocycles. The minimum Gasteiger partial charge on any atom is -0.326 e. The van der Waals surface area contributed by atoms with Crippen LogP contribution in [0.25, 0.3) is 11.0 Å². The summed E-state index contributed by atoms with van der Waals surface area (Å²) in [6.45, 7) is 4.61. The van der Waals surface area contributed by atoms with Gasteiger partial charge in [0.25, 0.3) is 0 Å². The Morgan fingerprint density at radius 1 is 1.14 bits per heavy atom. The number of nitrogens with zero attached hydrogens (tertiary/aromatic N) is 2. The van der Waals surface area contributed by atoms with Crippen LogP contribution in [-0.4, -0.2) is 9.55 Å². The lowest BCUT2D eigenvalue weighted by molar-refractivity contribution is 0.522. The zero-order valence-corrected chi connectivity index (χ0v) is 12.2. The molecule has 1 unspecified atom stereocenters. The number of benzene rings is 2. The number of imidazole rings is 1. The molecule has 0 amide bonds. The molecule has 0 aliphatic carbocycles. The molecule has 0 saturated heterocycles. The van der Waals surface area contributed by atoms with E-state index in [0.717, 1.165) is 11.1 Å². The van der Waals surface area contributed by atoms with Crippen molar-refractivity contribution in [3.8, 4) is 0 Å². The van der Waals surface area contributed by atoms with Crippen LogP contribution in [0.4, 0.5) is 4.39 Å². The van der Waals surface area contributed by atoms with Crippen molar-refractivity contribution in [3.63, 3.8) is 0 Å². The highest BCUT2D eigenvalue weighted by molar-refractivity contribution is 5.77. The third kappa shape index (κ3) is 2.12. The Morgan fingerprint density at radius 2 is 1.86 bits per heavy atom. The highest BCUT2D eigenvalue weighted by atomic mass is 19.1. The van der Waals surface area contributed by atoms with Gasteiger partial charge in [0.2, 0.25) is 0 Å². The minimum atomic E-state index is -0.775. The summed E-state index contributed by atoms with van der Waals surface area (Å²) in [6, 6.07) is 14.8. The lowest BCUT2D eigenvalue weighted by Crippen LogP contribution is -2.37. The van der Waals surface area contributed by atoms with Crippen LogP contribution in [-0.2, 0) is 12.1 Å². The number of fused-ring (bicyclic) bond motifs is 1. The first kappa shape index (κ1) is 13.8. The predicted molar refractivity (Wildman–Crippen MR) is 82.4 cm³/mol. The Labute approximate surface area is 123 Å². The number of rotatable bonds is 3. The van der Waals surface area contributed by atoms with Crippen LogP contribution in [0, 0.1) is 5.82 Å². The normalized spacial score (nSPS) is 14.3. The number of hydrogen-bond donors (Lipinski definition) is 1. The van der Waals surface area contributed by atoms with Crippen LogP contribution in [0.3, 0.4) is 0 Å². The second-order valence-electron chi connectivity index (χ2n) is 5.36. The molecular weight excluding hydrogens is 265 g/mol. The monoisotopic (exact) mass is 283 g/mol. The van der Waals surface area contributed by atoms with E-state index in [1.54, 1.807) is 6.07 Å². The highest BCUT2D eigenvalue weighted by Crippen LogP contribution is 2.29. The van der Waals surface area contributed by atoms with Crippen molar-refractivity contribution in [1.29, 1.82) is 0 Å². The van der Waals surface area contributed by atoms with Gasteiger partial charge in [-0.1, -0.05) is 36.4 Å². The molecule has 21 heavy (non-hydrogen) atoms. The van der Waals surface area contributed by atoms with Gasteiger partial charge in [0.05, 0.1) is 11.1 Å². The Kier molecular flexibility index (Phi) is 3.26. The molecule has 1 heterocycles. The number of nitrogens with two attached hydrogens (primary N) is 1. The zero-order valence-electron chi connectivity index (χ0n) is 12.2. The maximum Gasteiger partial charge on any atom is 0.151 e. The number of halogens is 1. The van der Waals surface area contributed by atoms with Gasteiger partial charge < -0.3 is 10.3 Å². The molecule has 0 aliphatic rings. The summed E-state index contributed by atoms with van der Waals surface area (Å²) in [5.74, 6) is 0.362. The van der Waals surface area contributed by atoms with Crippen molar-refractivity contribution in [3.05, 3.63) is 65.7 Å². The van der Waals surface area contributed by atoms with Gasteiger partial charge in [0.1, 0.15) is 11.3 Å². The van der Waals surface area contributed by atoms with Gasteiger partial charge in [0, 0.05) is 6.54 Å². The Balaban J connectivity index is 2.27. The number of aryl methyl sites for hydroxylation is 1. The fourth-order valence-electron chi connectivity index (χ4n) is 2.74. The summed E-state index contributed by atoms with van der Waals surface area (Å²) < 4.78 is 16.0. The SMILES string of the molecule is CCn1c(C(C)(N)c2ccccc2)nc2c(F)cccc21. The molecule has 3 rings (SSSR count). The lowest BCUT2D eigenvalue weighted by Gasteiger charge is -2.25. The first-order valence-electron chi connectivity index (χ1n) is 7.05. The topological polar surface area (TPSA) is 43.8 Å². The maximum absolute atomic E-state index is 14.0. The van der Waals surface area contributed by atoms with Crippen molar-refractivity contribution < 1.29 is 4.39 Å². The van der Waals surface area contributed by atoms with E-state index in [0.29, 0.717) is 17.9 Å². The molecule has 0 radical (unpaired) electrons. The molecule has 0 saturated carbocycles. The van der Waals surface area contributed by atoms with Crippen LogP contribution < -0.4 is 5.73 Å². The Morgan fingerprint density at radius 3 is 2.52 bits per heavy atom. The van der Waals surface area contributed by atoms with Gasteiger partial charge in [-0.25, -0.2) is 9.37 Å². The smallest absolute Gasteiger partial charge is 0.151 e. The van der Waals surface area contributed by atoms with Crippen molar-refractivity contribution in [2.75, 3.05) is 0 Å². The third-order valence-corrected chi connectivity index (χ3v) is 3.88. The molecule has 3 aromatic rings. The van der Waals surface area contributed by atoms with Crippen molar-refractivity contribution >= 4 is 11.0 Å². The number of para-hydroxylation sites is 1. The summed E-state index contributed by atoms with van der Waals surface area (Å²) in [5, 5.41) is 0. The fraction of sp³-hybridized carbons (Fsp3) is 0.235. The number of hydrogen-bond acceptors (Lipinski definition) is 2. The molecule has 2 N–H and O–H groups in total. The summed E-state index contributed by atoms with van der Waals surface area (Å²) >= 11 is 0. The van der Waals surface area contributed by atoms with Crippen LogP contribution in [0.15, 0.2) is 48.5 Å². The molecule has 1 atom stereocenters. The third-order valence-electron chi connectivity index (χ3n) is 3.88. The summed E-state index contributed by atoms with van der Waals surface area (Å²) in [7, 11) is 0. The van der Waals surface area contributed by atoms with Gasteiger partial charge in [-0.15, -0.1) is 0 Å². The molecule has 108 valence electrons. The molecule has 0 bridgehead atoms. The van der Waals surface area contributed by atoms with Gasteiger partial charge in [0.15, 0.2) is 5.82 Å². The molecule has 1 aromatic heterocycles. The summed E-state index contributed by atoms with van der Waals surface area (Å²) in [5.41, 5.74) is 7.88. The second-order valence-corrected chi connectivity index (χ2v) is 5.36. The van der Waals surface area contributed by atoms with Crippen LogP contribution in [0.5, 0.6) is 0 Å². The van der Waals surface area contributed by atoms with Gasteiger partial charge in [-0.2, -0.15) is 0 Å². The molecule has 0 spiro atoms. The highest BCUT2D eigenvalue weighted by Gasteiger charge is 2.30. The lowest BCUT2D eigenvalue weighted by atomic mass is 9.92. The quantitative estimate of drug-likeness (QED) is 0.800. The molecule has 4 heteroatoms. The van der Waals surface area contributed by atoms with E-state index in [1.165, 1.54) is 6.07 Å². The van der Waals surface area contributed by atoms with Crippen molar-refractivity contribution in [1.82, 2.24) is 9.55 Å². The minimum absolute atomic E-state index is 0.315. The van der Waals surface area contributed by atoms with Crippen molar-refractivity contribution in [2.24, 2.45) is 5.73 Å². The Bertz CT molecular complexity index is 775. The fourth-order valence-corrected chi connectivity index (χ4v) is 2.74. The molecule has 0 fully saturated rings. The number of aromatic nitrogens is 2. The second kappa shape index (κ2) is 4.97. The van der Waals surface area contributed by atoms with E-state index >= 15 is 0 Å². The maximum atomic E-state index is 14.0. The van der Waals surface area contributed by atoms with E-state index in [9.17, 15) is 4.39 Å². The van der Waals surface area contributed by atoms with E-state index < -0.39 is 5.54 Å². The first-order valence-corrected chi connectivity index (χ1v) is 7.05.